The van der Waals surface area contributed by atoms with E-state index in [2.05, 4.69) is 31.1 Å². The fourth-order valence-corrected chi connectivity index (χ4v) is 4.35. The minimum Gasteiger partial charge on any atom is -0.508 e. The van der Waals surface area contributed by atoms with Gasteiger partial charge < -0.3 is 20.1 Å². The number of carbonyl (C=O) groups is 1. The van der Waals surface area contributed by atoms with E-state index in [4.69, 9.17) is 16.3 Å². The molecule has 4 aromatic rings. The molecule has 4 N–H and O–H groups in total. The molecule has 1 fully saturated rings. The maximum atomic E-state index is 14.2. The van der Waals surface area contributed by atoms with Gasteiger partial charge in [-0.2, -0.15) is 4.98 Å². The fourth-order valence-electron chi connectivity index (χ4n) is 4.09. The number of phenolic OH excluding ortho intramolecular Hbond substituents is 1. The van der Waals surface area contributed by atoms with Crippen LogP contribution in [0.2, 0.25) is 5.02 Å². The molecule has 2 aromatic heterocycles. The van der Waals surface area contributed by atoms with Gasteiger partial charge in [0.25, 0.3) is 5.91 Å². The van der Waals surface area contributed by atoms with Crippen LogP contribution in [0.15, 0.2) is 67.0 Å². The molecule has 5 rings (SSSR count). The first-order valence-electron chi connectivity index (χ1n) is 12.1. The van der Waals surface area contributed by atoms with E-state index in [1.165, 1.54) is 6.20 Å². The van der Waals surface area contributed by atoms with Crippen molar-refractivity contribution in [2.24, 2.45) is 0 Å². The molecule has 12 heteroatoms. The number of halogens is 2. The first kappa shape index (κ1) is 26.1. The van der Waals surface area contributed by atoms with Crippen LogP contribution in [0.3, 0.4) is 0 Å². The van der Waals surface area contributed by atoms with Gasteiger partial charge in [-0.05, 0) is 60.0 Å². The first-order valence-corrected chi connectivity index (χ1v) is 12.5. The van der Waals surface area contributed by atoms with Crippen LogP contribution in [0.25, 0.3) is 0 Å². The average molecular weight is 550 g/mol. The monoisotopic (exact) mass is 549 g/mol. The molecule has 0 unspecified atom stereocenters. The maximum absolute atomic E-state index is 14.2. The number of anilines is 4. The Hall–Kier alpha value is -4.48. The third kappa shape index (κ3) is 6.89. The molecule has 0 aliphatic carbocycles. The van der Waals surface area contributed by atoms with E-state index in [-0.39, 0.29) is 23.2 Å². The van der Waals surface area contributed by atoms with Gasteiger partial charge in [0.2, 0.25) is 5.95 Å². The lowest BCUT2D eigenvalue weighted by molar-refractivity contribution is 0.0957. The average Bonchev–Trinajstić information content (AvgIpc) is 2.93. The summed E-state index contributed by atoms with van der Waals surface area (Å²) in [5, 5.41) is 13.5. The summed E-state index contributed by atoms with van der Waals surface area (Å²) in [6.07, 6.45) is 3.17. The molecular weight excluding hydrogens is 525 g/mol. The number of phenols is 1. The predicted molar refractivity (Wildman–Crippen MR) is 146 cm³/mol. The Bertz CT molecular complexity index is 1470. The second kappa shape index (κ2) is 11.9. The lowest BCUT2D eigenvalue weighted by atomic mass is 10.0. The molecule has 0 atom stereocenters. The Kier molecular flexibility index (Phi) is 7.99. The van der Waals surface area contributed by atoms with Crippen molar-refractivity contribution in [3.05, 3.63) is 94.7 Å². The van der Waals surface area contributed by atoms with Crippen molar-refractivity contribution in [3.63, 3.8) is 0 Å². The predicted octanol–water partition coefficient (Wildman–Crippen LogP) is 4.30. The van der Waals surface area contributed by atoms with Gasteiger partial charge in [0.15, 0.2) is 11.6 Å². The Balaban J connectivity index is 1.20. The number of carbonyl (C=O) groups excluding carboxylic acids is 1. The number of aromatic hydroxyl groups is 1. The first-order chi connectivity index (χ1) is 18.9. The third-order valence-electron chi connectivity index (χ3n) is 5.89. The number of benzene rings is 2. The zero-order valence-corrected chi connectivity index (χ0v) is 21.5. The smallest absolute Gasteiger partial charge is 0.288 e. The molecule has 3 heterocycles. The highest BCUT2D eigenvalue weighted by atomic mass is 35.5. The lowest BCUT2D eigenvalue weighted by Crippen LogP contribution is -2.38. The van der Waals surface area contributed by atoms with E-state index in [0.717, 1.165) is 23.0 Å². The lowest BCUT2D eigenvalue weighted by Gasteiger charge is -2.28. The van der Waals surface area contributed by atoms with Crippen LogP contribution in [0.5, 0.6) is 5.75 Å². The van der Waals surface area contributed by atoms with Crippen molar-refractivity contribution < 1.29 is 19.0 Å². The van der Waals surface area contributed by atoms with Crippen molar-refractivity contribution in [1.82, 2.24) is 20.4 Å². The number of hydrazine groups is 1. The van der Waals surface area contributed by atoms with Crippen LogP contribution in [0, 0.1) is 5.82 Å². The van der Waals surface area contributed by atoms with Crippen LogP contribution >= 0.6 is 11.6 Å². The van der Waals surface area contributed by atoms with Gasteiger partial charge in [-0.3, -0.25) is 15.6 Å². The number of aromatic nitrogens is 3. The minimum atomic E-state index is -0.551. The number of amides is 1. The second-order valence-electron chi connectivity index (χ2n) is 8.80. The molecule has 1 amide bonds. The zero-order valence-electron chi connectivity index (χ0n) is 20.7. The summed E-state index contributed by atoms with van der Waals surface area (Å²) in [5.74, 6) is -0.666. The standard InChI is InChI=1S/C27H25ClFN7O3/c28-19-11-18(10-17-2-1-3-22(37)13-17)12-21(14-19)32-20-4-5-24(30-15-20)26(38)34-35-27-31-16-23(29)25(33-27)36-6-8-39-9-7-36/h1-5,11-16,32,37H,6-10H2,(H,34,38)(H,31,33,35). The van der Waals surface area contributed by atoms with E-state index < -0.39 is 11.7 Å². The Morgan fingerprint density at radius 1 is 1.03 bits per heavy atom. The van der Waals surface area contributed by atoms with Crippen molar-refractivity contribution in [2.75, 3.05) is 41.9 Å². The number of hydrogen-bond acceptors (Lipinski definition) is 9. The molecule has 1 saturated heterocycles. The molecule has 200 valence electrons. The normalized spacial score (nSPS) is 13.1. The highest BCUT2D eigenvalue weighted by Crippen LogP contribution is 2.25. The molecular formula is C27H25ClFN7O3. The van der Waals surface area contributed by atoms with Gasteiger partial charge in [0, 0.05) is 23.8 Å². The van der Waals surface area contributed by atoms with Crippen LogP contribution in [0.4, 0.5) is 27.5 Å². The van der Waals surface area contributed by atoms with E-state index in [0.29, 0.717) is 43.4 Å². The third-order valence-corrected chi connectivity index (χ3v) is 6.10. The van der Waals surface area contributed by atoms with E-state index in [1.807, 2.05) is 18.2 Å². The van der Waals surface area contributed by atoms with Gasteiger partial charge in [0.05, 0.1) is 31.3 Å². The topological polar surface area (TPSA) is 125 Å². The van der Waals surface area contributed by atoms with Crippen molar-refractivity contribution in [3.8, 4) is 5.75 Å². The van der Waals surface area contributed by atoms with Crippen LogP contribution < -0.4 is 21.1 Å². The highest BCUT2D eigenvalue weighted by molar-refractivity contribution is 6.31. The van der Waals surface area contributed by atoms with Crippen molar-refractivity contribution in [2.45, 2.75) is 6.42 Å². The largest absolute Gasteiger partial charge is 0.508 e. The summed E-state index contributed by atoms with van der Waals surface area (Å²) < 4.78 is 19.5. The van der Waals surface area contributed by atoms with Gasteiger partial charge >= 0.3 is 0 Å². The van der Waals surface area contributed by atoms with E-state index in [9.17, 15) is 14.3 Å². The van der Waals surface area contributed by atoms with Gasteiger partial charge in [0.1, 0.15) is 11.4 Å². The van der Waals surface area contributed by atoms with Crippen LogP contribution in [0.1, 0.15) is 21.6 Å². The van der Waals surface area contributed by atoms with Gasteiger partial charge in [-0.1, -0.05) is 23.7 Å². The van der Waals surface area contributed by atoms with Crippen molar-refractivity contribution in [1.29, 1.82) is 0 Å². The summed E-state index contributed by atoms with van der Waals surface area (Å²) in [4.78, 5) is 26.6. The maximum Gasteiger partial charge on any atom is 0.288 e. The molecule has 1 aliphatic rings. The number of ether oxygens (including phenoxy) is 1. The summed E-state index contributed by atoms with van der Waals surface area (Å²) in [6.45, 7) is 1.99. The highest BCUT2D eigenvalue weighted by Gasteiger charge is 2.18. The number of rotatable bonds is 8. The van der Waals surface area contributed by atoms with Crippen LogP contribution in [-0.2, 0) is 11.2 Å². The number of nitrogens with zero attached hydrogens (tertiary/aromatic N) is 4. The molecule has 0 saturated carbocycles. The van der Waals surface area contributed by atoms with Crippen LogP contribution in [-0.4, -0.2) is 52.3 Å². The minimum absolute atomic E-state index is 0.0482. The summed E-state index contributed by atoms with van der Waals surface area (Å²) in [5.41, 5.74) is 8.56. The fraction of sp³-hybridized carbons (Fsp3) is 0.185. The summed E-state index contributed by atoms with van der Waals surface area (Å²) in [6, 6.07) is 15.9. The Labute approximate surface area is 228 Å². The molecule has 0 spiro atoms. The van der Waals surface area contributed by atoms with E-state index in [1.54, 1.807) is 41.3 Å². The van der Waals surface area contributed by atoms with Gasteiger partial charge in [-0.15, -0.1) is 0 Å². The second-order valence-corrected chi connectivity index (χ2v) is 9.23. The summed E-state index contributed by atoms with van der Waals surface area (Å²) in [7, 11) is 0. The quantitative estimate of drug-likeness (QED) is 0.238. The number of pyridine rings is 1. The summed E-state index contributed by atoms with van der Waals surface area (Å²) >= 11 is 6.32. The SMILES string of the molecule is O=C(NNc1ncc(F)c(N2CCOCC2)n1)c1ccc(Nc2cc(Cl)cc(Cc3cccc(O)c3)c2)cn1. The molecule has 0 bridgehead atoms. The molecule has 10 nitrogen and oxygen atoms in total. The molecule has 39 heavy (non-hydrogen) atoms. The molecule has 0 radical (unpaired) electrons. The van der Waals surface area contributed by atoms with Gasteiger partial charge in [-0.25, -0.2) is 14.4 Å². The molecule has 2 aromatic carbocycles. The number of nitrogens with one attached hydrogen (secondary N) is 3. The van der Waals surface area contributed by atoms with E-state index >= 15 is 0 Å². The number of morpholine rings is 1. The zero-order chi connectivity index (χ0) is 27.2. The Morgan fingerprint density at radius 3 is 2.64 bits per heavy atom. The molecule has 1 aliphatic heterocycles. The Morgan fingerprint density at radius 2 is 1.87 bits per heavy atom. The van der Waals surface area contributed by atoms with Crippen molar-refractivity contribution >= 4 is 40.6 Å². The number of hydrogen-bond donors (Lipinski definition) is 4.